The molecule has 1 aliphatic carbocycles. The van der Waals surface area contributed by atoms with Gasteiger partial charge in [0.15, 0.2) is 0 Å². The smallest absolute Gasteiger partial charge is 0.148 e. The molecule has 3 rings (SSSR count). The maximum absolute atomic E-state index is 5.59. The second kappa shape index (κ2) is 5.33. The van der Waals surface area contributed by atoms with Gasteiger partial charge in [0.25, 0.3) is 0 Å². The molecule has 0 spiro atoms. The van der Waals surface area contributed by atoms with Crippen LogP contribution in [0.5, 0.6) is 0 Å². The van der Waals surface area contributed by atoms with Crippen molar-refractivity contribution in [3.63, 3.8) is 0 Å². The average Bonchev–Trinajstić information content (AvgIpc) is 3.24. The van der Waals surface area contributed by atoms with E-state index in [1.54, 1.807) is 6.20 Å². The zero-order valence-electron chi connectivity index (χ0n) is 12.7. The number of nitrogens with two attached hydrogens (primary N) is 1. The maximum atomic E-state index is 5.59. The molecule has 0 saturated heterocycles. The van der Waals surface area contributed by atoms with Gasteiger partial charge in [0, 0.05) is 38.0 Å². The van der Waals surface area contributed by atoms with Gasteiger partial charge in [-0.2, -0.15) is 0 Å². The maximum Gasteiger partial charge on any atom is 0.148 e. The molecule has 1 saturated carbocycles. The van der Waals surface area contributed by atoms with Gasteiger partial charge in [0.1, 0.15) is 23.3 Å². The van der Waals surface area contributed by atoms with Gasteiger partial charge in [-0.15, -0.1) is 0 Å². The number of hydrogen-bond acceptors (Lipinski definition) is 6. The number of rotatable bonds is 5. The van der Waals surface area contributed by atoms with Crippen LogP contribution in [0.25, 0.3) is 0 Å². The summed E-state index contributed by atoms with van der Waals surface area (Å²) in [7, 11) is 4.01. The molecule has 21 heavy (non-hydrogen) atoms. The first-order valence-electron chi connectivity index (χ1n) is 7.12. The molecule has 0 unspecified atom stereocenters. The summed E-state index contributed by atoms with van der Waals surface area (Å²) < 4.78 is 2.01. The molecular weight excluding hydrogens is 266 g/mol. The molecule has 1 aliphatic rings. The predicted octanol–water partition coefficient (Wildman–Crippen LogP) is 1.32. The van der Waals surface area contributed by atoms with E-state index in [1.165, 1.54) is 0 Å². The summed E-state index contributed by atoms with van der Waals surface area (Å²) in [5, 5.41) is 0. The molecule has 2 aromatic rings. The van der Waals surface area contributed by atoms with Crippen molar-refractivity contribution in [1.82, 2.24) is 19.5 Å². The molecule has 2 aromatic heterocycles. The summed E-state index contributed by atoms with van der Waals surface area (Å²) in [6.45, 7) is 2.67. The van der Waals surface area contributed by atoms with Gasteiger partial charge in [-0.1, -0.05) is 0 Å². The van der Waals surface area contributed by atoms with Crippen LogP contribution in [0.15, 0.2) is 12.4 Å². The minimum Gasteiger partial charge on any atom is -0.352 e. The Labute approximate surface area is 124 Å². The second-order valence-electron chi connectivity index (χ2n) is 5.61. The van der Waals surface area contributed by atoms with Crippen LogP contribution in [0.2, 0.25) is 0 Å². The topological polar surface area (TPSA) is 84.9 Å². The lowest BCUT2D eigenvalue weighted by Crippen LogP contribution is -2.23. The van der Waals surface area contributed by atoms with E-state index in [9.17, 15) is 0 Å². The fourth-order valence-corrected chi connectivity index (χ4v) is 2.39. The Morgan fingerprint density at radius 1 is 1.43 bits per heavy atom. The highest BCUT2D eigenvalue weighted by Gasteiger charge is 2.28. The summed E-state index contributed by atoms with van der Waals surface area (Å²) in [5.74, 6) is 9.56. The zero-order chi connectivity index (χ0) is 15.0. The number of anilines is 2. The lowest BCUT2D eigenvalue weighted by Gasteiger charge is -2.22. The van der Waals surface area contributed by atoms with Crippen molar-refractivity contribution in [2.24, 2.45) is 12.9 Å². The molecule has 112 valence electrons. The van der Waals surface area contributed by atoms with Crippen LogP contribution in [-0.4, -0.2) is 26.6 Å². The minimum atomic E-state index is 0.484. The van der Waals surface area contributed by atoms with Crippen molar-refractivity contribution in [2.75, 3.05) is 17.4 Å². The van der Waals surface area contributed by atoms with Crippen LogP contribution < -0.4 is 16.2 Å². The van der Waals surface area contributed by atoms with E-state index in [0.717, 1.165) is 35.9 Å². The van der Waals surface area contributed by atoms with Gasteiger partial charge in [-0.25, -0.2) is 20.8 Å². The third-order valence-corrected chi connectivity index (χ3v) is 3.88. The lowest BCUT2D eigenvalue weighted by molar-refractivity contribution is 0.748. The van der Waals surface area contributed by atoms with Crippen molar-refractivity contribution in [3.05, 3.63) is 29.6 Å². The number of aryl methyl sites for hydroxylation is 1. The number of hydrazine groups is 1. The van der Waals surface area contributed by atoms with Gasteiger partial charge in [-0.05, 0) is 19.8 Å². The van der Waals surface area contributed by atoms with Crippen molar-refractivity contribution >= 4 is 11.6 Å². The molecule has 0 radical (unpaired) electrons. The van der Waals surface area contributed by atoms with Gasteiger partial charge in [-0.3, -0.25) is 0 Å². The summed E-state index contributed by atoms with van der Waals surface area (Å²) in [4.78, 5) is 15.7. The lowest BCUT2D eigenvalue weighted by atomic mass is 10.2. The Morgan fingerprint density at radius 3 is 2.76 bits per heavy atom. The van der Waals surface area contributed by atoms with Crippen molar-refractivity contribution in [3.8, 4) is 0 Å². The molecule has 7 nitrogen and oxygen atoms in total. The van der Waals surface area contributed by atoms with E-state index in [4.69, 9.17) is 10.8 Å². The first-order chi connectivity index (χ1) is 10.1. The van der Waals surface area contributed by atoms with Crippen molar-refractivity contribution in [1.29, 1.82) is 0 Å². The van der Waals surface area contributed by atoms with Gasteiger partial charge < -0.3 is 14.9 Å². The molecule has 2 heterocycles. The normalized spacial score (nSPS) is 14.3. The monoisotopic (exact) mass is 287 g/mol. The highest BCUT2D eigenvalue weighted by molar-refractivity contribution is 5.58. The van der Waals surface area contributed by atoms with E-state index in [1.807, 2.05) is 31.8 Å². The molecule has 1 fully saturated rings. The summed E-state index contributed by atoms with van der Waals surface area (Å²) >= 11 is 0. The number of nitrogens with one attached hydrogen (secondary N) is 1. The number of nitrogen functional groups attached to an aromatic ring is 1. The van der Waals surface area contributed by atoms with Crippen LogP contribution in [0, 0.1) is 6.92 Å². The van der Waals surface area contributed by atoms with Crippen LogP contribution in [0.1, 0.15) is 36.0 Å². The zero-order valence-corrected chi connectivity index (χ0v) is 12.7. The van der Waals surface area contributed by atoms with Gasteiger partial charge in [0.2, 0.25) is 0 Å². The Kier molecular flexibility index (Phi) is 3.50. The summed E-state index contributed by atoms with van der Waals surface area (Å²) in [6, 6.07) is 0. The standard InChI is InChI=1S/C14H21N7/c1-9-12(19-15)17-13(10-4-5-10)18-14(9)21(3)8-11-16-6-7-20(11)2/h6-7,10H,4-5,8,15H2,1-3H3,(H,17,18,19). The number of hydrogen-bond donors (Lipinski definition) is 2. The number of aromatic nitrogens is 4. The van der Waals surface area contributed by atoms with Crippen LogP contribution in [-0.2, 0) is 13.6 Å². The average molecular weight is 287 g/mol. The Bertz CT molecular complexity index is 645. The van der Waals surface area contributed by atoms with Gasteiger partial charge in [0.05, 0.1) is 6.54 Å². The highest BCUT2D eigenvalue weighted by atomic mass is 15.3. The van der Waals surface area contributed by atoms with Crippen molar-refractivity contribution in [2.45, 2.75) is 32.2 Å². The molecule has 7 heteroatoms. The fraction of sp³-hybridized carbons (Fsp3) is 0.500. The quantitative estimate of drug-likeness (QED) is 0.637. The third-order valence-electron chi connectivity index (χ3n) is 3.88. The largest absolute Gasteiger partial charge is 0.352 e. The molecule has 0 aliphatic heterocycles. The molecule has 0 atom stereocenters. The van der Waals surface area contributed by atoms with Crippen LogP contribution in [0.4, 0.5) is 11.6 Å². The SMILES string of the molecule is Cc1c(NN)nc(C2CC2)nc1N(C)Cc1nccn1C. The summed E-state index contributed by atoms with van der Waals surface area (Å²) in [6.07, 6.45) is 6.07. The Balaban J connectivity index is 1.92. The third kappa shape index (κ3) is 2.69. The predicted molar refractivity (Wildman–Crippen MR) is 81.9 cm³/mol. The summed E-state index contributed by atoms with van der Waals surface area (Å²) in [5.41, 5.74) is 3.64. The molecule has 0 aromatic carbocycles. The van der Waals surface area contributed by atoms with E-state index < -0.39 is 0 Å². The molecular formula is C14H21N7. The van der Waals surface area contributed by atoms with Crippen molar-refractivity contribution < 1.29 is 0 Å². The first kappa shape index (κ1) is 13.8. The number of imidazole rings is 1. The molecule has 3 N–H and O–H groups in total. The van der Waals surface area contributed by atoms with E-state index in [-0.39, 0.29) is 0 Å². The highest BCUT2D eigenvalue weighted by Crippen LogP contribution is 2.39. The molecule has 0 bridgehead atoms. The van der Waals surface area contributed by atoms with E-state index in [2.05, 4.69) is 20.3 Å². The second-order valence-corrected chi connectivity index (χ2v) is 5.61. The Morgan fingerprint density at radius 2 is 2.19 bits per heavy atom. The van der Waals surface area contributed by atoms with Crippen LogP contribution >= 0.6 is 0 Å². The Hall–Kier alpha value is -2.15. The van der Waals surface area contributed by atoms with E-state index >= 15 is 0 Å². The van der Waals surface area contributed by atoms with E-state index in [0.29, 0.717) is 18.3 Å². The fourth-order valence-electron chi connectivity index (χ4n) is 2.39. The molecule has 0 amide bonds. The van der Waals surface area contributed by atoms with Crippen LogP contribution in [0.3, 0.4) is 0 Å². The van der Waals surface area contributed by atoms with Gasteiger partial charge >= 0.3 is 0 Å². The number of nitrogens with zero attached hydrogens (tertiary/aromatic N) is 5. The first-order valence-corrected chi connectivity index (χ1v) is 7.12. The minimum absolute atomic E-state index is 0.484.